The van der Waals surface area contributed by atoms with Crippen LogP contribution in [0.3, 0.4) is 0 Å². The van der Waals surface area contributed by atoms with Gasteiger partial charge in [0.15, 0.2) is 0 Å². The number of carbonyl (C=O) groups is 1. The van der Waals surface area contributed by atoms with Crippen LogP contribution in [0.2, 0.25) is 0 Å². The highest BCUT2D eigenvalue weighted by molar-refractivity contribution is 5.96. The van der Waals surface area contributed by atoms with Crippen molar-refractivity contribution in [2.24, 2.45) is 44.8 Å². The SMILES string of the molecule is CO/N=C1\C=C2[C@@H](C)C[C@@H]3[C@H](CC[C@@]4(C)[C@H]3CC[C@]4(O)/C(COC(C)=O)=N\OC)[C@@]2(C)CC1. The fraction of sp³-hybridized carbons (Fsp3) is 0.808. The molecule has 1 N–H and O–H groups in total. The minimum absolute atomic E-state index is 0.0291. The van der Waals surface area contributed by atoms with Gasteiger partial charge in [-0.3, -0.25) is 4.79 Å². The first-order chi connectivity index (χ1) is 15.6. The molecule has 4 rings (SSSR count). The Morgan fingerprint density at radius 1 is 1.15 bits per heavy atom. The van der Waals surface area contributed by atoms with Crippen molar-refractivity contribution in [1.82, 2.24) is 0 Å². The van der Waals surface area contributed by atoms with E-state index in [1.807, 2.05) is 0 Å². The van der Waals surface area contributed by atoms with Gasteiger partial charge in [-0.05, 0) is 80.1 Å². The average Bonchev–Trinajstić information content (AvgIpc) is 3.04. The van der Waals surface area contributed by atoms with Crippen LogP contribution in [0.5, 0.6) is 0 Å². The summed E-state index contributed by atoms with van der Waals surface area (Å²) in [4.78, 5) is 21.6. The third kappa shape index (κ3) is 3.71. The van der Waals surface area contributed by atoms with E-state index in [2.05, 4.69) is 37.2 Å². The monoisotopic (exact) mass is 460 g/mol. The molecule has 184 valence electrons. The number of fused-ring (bicyclic) bond motifs is 5. The smallest absolute Gasteiger partial charge is 0.303 e. The van der Waals surface area contributed by atoms with Gasteiger partial charge in [0.2, 0.25) is 0 Å². The summed E-state index contributed by atoms with van der Waals surface area (Å²) in [5, 5.41) is 20.5. The molecule has 3 saturated carbocycles. The van der Waals surface area contributed by atoms with Crippen molar-refractivity contribution in [2.75, 3.05) is 20.8 Å². The van der Waals surface area contributed by atoms with Crippen LogP contribution in [-0.2, 0) is 19.2 Å². The summed E-state index contributed by atoms with van der Waals surface area (Å²) in [6, 6.07) is 0. The van der Waals surface area contributed by atoms with Gasteiger partial charge in [0, 0.05) is 12.3 Å². The van der Waals surface area contributed by atoms with Crippen LogP contribution in [-0.4, -0.2) is 48.9 Å². The van der Waals surface area contributed by atoms with Crippen molar-refractivity contribution >= 4 is 17.4 Å². The van der Waals surface area contributed by atoms with Crippen LogP contribution in [0.1, 0.15) is 72.6 Å². The third-order valence-electron chi connectivity index (χ3n) is 9.75. The first-order valence-corrected chi connectivity index (χ1v) is 12.4. The molecule has 7 heteroatoms. The molecule has 0 heterocycles. The maximum Gasteiger partial charge on any atom is 0.303 e. The number of ether oxygens (including phenoxy) is 1. The Labute approximate surface area is 197 Å². The fourth-order valence-electron chi connectivity index (χ4n) is 8.18. The number of oxime groups is 2. The second-order valence-corrected chi connectivity index (χ2v) is 11.2. The van der Waals surface area contributed by atoms with E-state index in [-0.39, 0.29) is 23.4 Å². The Morgan fingerprint density at radius 2 is 1.88 bits per heavy atom. The quantitative estimate of drug-likeness (QED) is 0.371. The van der Waals surface area contributed by atoms with E-state index < -0.39 is 5.60 Å². The van der Waals surface area contributed by atoms with Gasteiger partial charge < -0.3 is 19.5 Å². The van der Waals surface area contributed by atoms with Crippen molar-refractivity contribution in [1.29, 1.82) is 0 Å². The Morgan fingerprint density at radius 3 is 2.55 bits per heavy atom. The van der Waals surface area contributed by atoms with E-state index in [1.54, 1.807) is 7.11 Å². The van der Waals surface area contributed by atoms with Gasteiger partial charge in [-0.25, -0.2) is 0 Å². The molecule has 4 aliphatic rings. The van der Waals surface area contributed by atoms with E-state index in [9.17, 15) is 9.90 Å². The first-order valence-electron chi connectivity index (χ1n) is 12.4. The average molecular weight is 461 g/mol. The van der Waals surface area contributed by atoms with Crippen molar-refractivity contribution in [2.45, 2.75) is 78.2 Å². The van der Waals surface area contributed by atoms with Crippen LogP contribution in [0.15, 0.2) is 22.0 Å². The van der Waals surface area contributed by atoms with Crippen LogP contribution in [0.25, 0.3) is 0 Å². The Kier molecular flexibility index (Phi) is 6.40. The molecule has 0 aromatic carbocycles. The van der Waals surface area contributed by atoms with Gasteiger partial charge >= 0.3 is 5.97 Å². The molecule has 7 atom stereocenters. The summed E-state index contributed by atoms with van der Waals surface area (Å²) >= 11 is 0. The summed E-state index contributed by atoms with van der Waals surface area (Å²) in [7, 11) is 3.09. The summed E-state index contributed by atoms with van der Waals surface area (Å²) in [5.41, 5.74) is 1.74. The van der Waals surface area contributed by atoms with Crippen LogP contribution in [0.4, 0.5) is 0 Å². The molecule has 0 amide bonds. The predicted octanol–water partition coefficient (Wildman–Crippen LogP) is 4.49. The Balaban J connectivity index is 1.66. The normalized spacial score (nSPS) is 43.8. The largest absolute Gasteiger partial charge is 0.459 e. The molecule has 0 spiro atoms. The van der Waals surface area contributed by atoms with E-state index in [1.165, 1.54) is 19.6 Å². The zero-order valence-corrected chi connectivity index (χ0v) is 21.0. The number of rotatable bonds is 5. The topological polar surface area (TPSA) is 89.7 Å². The second-order valence-electron chi connectivity index (χ2n) is 11.2. The van der Waals surface area contributed by atoms with Crippen molar-refractivity contribution in [3.8, 4) is 0 Å². The zero-order chi connectivity index (χ0) is 24.0. The molecule has 7 nitrogen and oxygen atoms in total. The number of esters is 1. The summed E-state index contributed by atoms with van der Waals surface area (Å²) in [6.45, 7) is 8.38. The molecule has 0 saturated heterocycles. The minimum atomic E-state index is -1.13. The van der Waals surface area contributed by atoms with Crippen molar-refractivity contribution in [3.63, 3.8) is 0 Å². The van der Waals surface area contributed by atoms with E-state index in [0.717, 1.165) is 44.2 Å². The van der Waals surface area contributed by atoms with Gasteiger partial charge in [-0.15, -0.1) is 0 Å². The molecule has 0 radical (unpaired) electrons. The summed E-state index contributed by atoms with van der Waals surface area (Å²) < 4.78 is 5.26. The third-order valence-corrected chi connectivity index (χ3v) is 9.75. The highest BCUT2D eigenvalue weighted by atomic mass is 16.6. The van der Waals surface area contributed by atoms with Gasteiger partial charge in [0.25, 0.3) is 0 Å². The van der Waals surface area contributed by atoms with Crippen LogP contribution < -0.4 is 0 Å². The number of nitrogens with zero attached hydrogens (tertiary/aromatic N) is 2. The summed E-state index contributed by atoms with van der Waals surface area (Å²) in [5.74, 6) is 1.64. The van der Waals surface area contributed by atoms with Gasteiger partial charge in [-0.1, -0.05) is 36.7 Å². The molecule has 0 unspecified atom stereocenters. The molecule has 4 aliphatic carbocycles. The first kappa shape index (κ1) is 24.2. The van der Waals surface area contributed by atoms with Crippen LogP contribution in [0, 0.1) is 34.5 Å². The highest BCUT2D eigenvalue weighted by Gasteiger charge is 2.66. The Hall–Kier alpha value is -1.89. The van der Waals surface area contributed by atoms with Crippen molar-refractivity contribution in [3.05, 3.63) is 11.6 Å². The molecule has 0 aromatic rings. The van der Waals surface area contributed by atoms with E-state index in [4.69, 9.17) is 14.4 Å². The number of allylic oxidation sites excluding steroid dienone is 2. The molecule has 33 heavy (non-hydrogen) atoms. The molecule has 0 aromatic heterocycles. The van der Waals surface area contributed by atoms with E-state index in [0.29, 0.717) is 35.8 Å². The number of carbonyl (C=O) groups excluding carboxylic acids is 1. The Bertz CT molecular complexity index is 882. The number of hydrogen-bond acceptors (Lipinski definition) is 7. The van der Waals surface area contributed by atoms with Crippen molar-refractivity contribution < 1.29 is 24.3 Å². The molecule has 0 bridgehead atoms. The zero-order valence-electron chi connectivity index (χ0n) is 21.0. The van der Waals surface area contributed by atoms with Crippen LogP contribution >= 0.6 is 0 Å². The molecular weight excluding hydrogens is 420 g/mol. The molecule has 0 aliphatic heterocycles. The lowest BCUT2D eigenvalue weighted by Gasteiger charge is -2.60. The number of hydrogen-bond donors (Lipinski definition) is 1. The maximum atomic E-state index is 12.1. The minimum Gasteiger partial charge on any atom is -0.459 e. The lowest BCUT2D eigenvalue weighted by Crippen LogP contribution is -2.59. The van der Waals surface area contributed by atoms with E-state index >= 15 is 0 Å². The standard InChI is InChI=1S/C26H40N2O5/c1-16-13-19-20(24(3)10-7-18(27-31-5)14-22(16)24)8-11-25(4)21(19)9-12-26(25,30)23(28-32-6)15-33-17(2)29/h14,16,19-21,30H,7-13,15H2,1-6H3/b27-18-,28-23-/t16-,19+,20-,21-,24+,25-,26-/m0/s1. The lowest BCUT2D eigenvalue weighted by atomic mass is 9.44. The number of aliphatic hydroxyl groups is 1. The van der Waals surface area contributed by atoms with Gasteiger partial charge in [-0.2, -0.15) is 0 Å². The van der Waals surface area contributed by atoms with Gasteiger partial charge in [0.1, 0.15) is 32.1 Å². The lowest BCUT2D eigenvalue weighted by molar-refractivity contribution is -0.140. The molecule has 3 fully saturated rings. The fourth-order valence-corrected chi connectivity index (χ4v) is 8.18. The summed E-state index contributed by atoms with van der Waals surface area (Å²) in [6.07, 6.45) is 9.05. The predicted molar refractivity (Wildman–Crippen MR) is 127 cm³/mol. The maximum absolute atomic E-state index is 12.1. The van der Waals surface area contributed by atoms with Gasteiger partial charge in [0.05, 0.1) is 5.71 Å². The highest BCUT2D eigenvalue weighted by Crippen LogP contribution is 2.68. The second kappa shape index (κ2) is 8.71. The molecular formula is C26H40N2O5.